The van der Waals surface area contributed by atoms with E-state index in [1.54, 1.807) is 31.2 Å². The fraction of sp³-hybridized carbons (Fsp3) is 0.409. The fourth-order valence-corrected chi connectivity index (χ4v) is 3.45. The minimum atomic E-state index is -0.582. The molecule has 2 aromatic carbocycles. The SMILES string of the molecule is C[C@@H](Oc1cccc(Cl)c1)C(=O)NCc1ccc(CN2CCCCC2)cc1. The number of rotatable bonds is 7. The molecule has 3 rings (SSSR count). The standard InChI is InChI=1S/C22H27ClN2O2/c1-17(27-21-7-5-6-20(23)14-21)22(26)24-15-18-8-10-19(11-9-18)16-25-12-3-2-4-13-25/h5-11,14,17H,2-4,12-13,15-16H2,1H3,(H,24,26)/t17-/m1/s1. The molecule has 0 radical (unpaired) electrons. The molecule has 0 unspecified atom stereocenters. The van der Waals surface area contributed by atoms with Crippen LogP contribution in [-0.4, -0.2) is 30.0 Å². The van der Waals surface area contributed by atoms with Crippen LogP contribution in [0.25, 0.3) is 0 Å². The highest BCUT2D eigenvalue weighted by molar-refractivity contribution is 6.30. The molecule has 0 aromatic heterocycles. The fourth-order valence-electron chi connectivity index (χ4n) is 3.27. The maximum atomic E-state index is 12.3. The minimum absolute atomic E-state index is 0.146. The summed E-state index contributed by atoms with van der Waals surface area (Å²) < 4.78 is 5.65. The topological polar surface area (TPSA) is 41.6 Å². The summed E-state index contributed by atoms with van der Waals surface area (Å²) in [6, 6.07) is 15.5. The molecule has 1 heterocycles. The van der Waals surface area contributed by atoms with Gasteiger partial charge in [-0.25, -0.2) is 0 Å². The number of piperidine rings is 1. The molecular weight excluding hydrogens is 360 g/mol. The zero-order chi connectivity index (χ0) is 19.1. The van der Waals surface area contributed by atoms with Crippen LogP contribution < -0.4 is 10.1 Å². The second-order valence-corrected chi connectivity index (χ2v) is 7.52. The highest BCUT2D eigenvalue weighted by atomic mass is 35.5. The van der Waals surface area contributed by atoms with Crippen molar-refractivity contribution in [2.24, 2.45) is 0 Å². The van der Waals surface area contributed by atoms with Gasteiger partial charge in [0.1, 0.15) is 5.75 Å². The van der Waals surface area contributed by atoms with Crippen molar-refractivity contribution in [1.82, 2.24) is 10.2 Å². The maximum absolute atomic E-state index is 12.3. The van der Waals surface area contributed by atoms with E-state index in [9.17, 15) is 4.79 Å². The quantitative estimate of drug-likeness (QED) is 0.766. The number of likely N-dealkylation sites (tertiary alicyclic amines) is 1. The molecule has 1 atom stereocenters. The molecule has 1 fully saturated rings. The molecule has 144 valence electrons. The van der Waals surface area contributed by atoms with E-state index in [-0.39, 0.29) is 5.91 Å². The predicted octanol–water partition coefficient (Wildman–Crippen LogP) is 4.41. The summed E-state index contributed by atoms with van der Waals surface area (Å²) >= 11 is 5.94. The van der Waals surface area contributed by atoms with Crippen LogP contribution in [0.3, 0.4) is 0 Å². The van der Waals surface area contributed by atoms with Gasteiger partial charge in [-0.3, -0.25) is 9.69 Å². The summed E-state index contributed by atoms with van der Waals surface area (Å²) in [6.45, 7) is 5.63. The van der Waals surface area contributed by atoms with Crippen LogP contribution >= 0.6 is 11.6 Å². The van der Waals surface area contributed by atoms with Gasteiger partial charge in [0.25, 0.3) is 5.91 Å². The van der Waals surface area contributed by atoms with Crippen molar-refractivity contribution < 1.29 is 9.53 Å². The Morgan fingerprint density at radius 2 is 1.81 bits per heavy atom. The van der Waals surface area contributed by atoms with Crippen molar-refractivity contribution in [3.63, 3.8) is 0 Å². The van der Waals surface area contributed by atoms with E-state index in [2.05, 4.69) is 34.5 Å². The number of benzene rings is 2. The molecule has 0 spiro atoms. The minimum Gasteiger partial charge on any atom is -0.481 e. The van der Waals surface area contributed by atoms with Crippen molar-refractivity contribution in [1.29, 1.82) is 0 Å². The van der Waals surface area contributed by atoms with Gasteiger partial charge in [0.2, 0.25) is 0 Å². The molecule has 1 amide bonds. The smallest absolute Gasteiger partial charge is 0.261 e. The number of amides is 1. The van der Waals surface area contributed by atoms with Crippen LogP contribution in [0.1, 0.15) is 37.3 Å². The molecule has 2 aromatic rings. The number of hydrogen-bond donors (Lipinski definition) is 1. The average Bonchev–Trinajstić information content (AvgIpc) is 2.68. The normalized spacial score (nSPS) is 15.9. The molecule has 0 bridgehead atoms. The Bertz CT molecular complexity index is 742. The number of carbonyl (C=O) groups excluding carboxylic acids is 1. The molecule has 1 saturated heterocycles. The number of hydrogen-bond acceptors (Lipinski definition) is 3. The summed E-state index contributed by atoms with van der Waals surface area (Å²) in [5, 5.41) is 3.51. The molecule has 1 N–H and O–H groups in total. The molecular formula is C22H27ClN2O2. The lowest BCUT2D eigenvalue weighted by Gasteiger charge is -2.26. The van der Waals surface area contributed by atoms with Crippen LogP contribution in [0.4, 0.5) is 0 Å². The summed E-state index contributed by atoms with van der Waals surface area (Å²) in [6.07, 6.45) is 3.38. The first-order chi connectivity index (χ1) is 13.1. The van der Waals surface area contributed by atoms with E-state index >= 15 is 0 Å². The van der Waals surface area contributed by atoms with E-state index in [1.165, 1.54) is 37.9 Å². The molecule has 5 heteroatoms. The Labute approximate surface area is 166 Å². The zero-order valence-electron chi connectivity index (χ0n) is 15.8. The Morgan fingerprint density at radius 1 is 1.11 bits per heavy atom. The average molecular weight is 387 g/mol. The zero-order valence-corrected chi connectivity index (χ0v) is 16.5. The summed E-state index contributed by atoms with van der Waals surface area (Å²) in [5.74, 6) is 0.444. The second-order valence-electron chi connectivity index (χ2n) is 7.09. The molecule has 4 nitrogen and oxygen atoms in total. The molecule has 1 aliphatic heterocycles. The van der Waals surface area contributed by atoms with Gasteiger partial charge in [-0.2, -0.15) is 0 Å². The first kappa shape index (κ1) is 19.7. The van der Waals surface area contributed by atoms with Crippen molar-refractivity contribution in [3.8, 4) is 5.75 Å². The number of halogens is 1. The van der Waals surface area contributed by atoms with Gasteiger partial charge in [0, 0.05) is 18.1 Å². The third-order valence-electron chi connectivity index (χ3n) is 4.82. The van der Waals surface area contributed by atoms with Gasteiger partial charge in [-0.15, -0.1) is 0 Å². The van der Waals surface area contributed by atoms with Gasteiger partial charge >= 0.3 is 0 Å². The van der Waals surface area contributed by atoms with Crippen molar-refractivity contribution in [2.45, 2.75) is 45.4 Å². The lowest BCUT2D eigenvalue weighted by Crippen LogP contribution is -2.35. The number of ether oxygens (including phenoxy) is 1. The number of carbonyl (C=O) groups is 1. The first-order valence-corrected chi connectivity index (χ1v) is 9.98. The highest BCUT2D eigenvalue weighted by Gasteiger charge is 2.14. The third-order valence-corrected chi connectivity index (χ3v) is 5.06. The predicted molar refractivity (Wildman–Crippen MR) is 109 cm³/mol. The monoisotopic (exact) mass is 386 g/mol. The van der Waals surface area contributed by atoms with Crippen molar-refractivity contribution >= 4 is 17.5 Å². The number of nitrogens with one attached hydrogen (secondary N) is 1. The highest BCUT2D eigenvalue weighted by Crippen LogP contribution is 2.18. The maximum Gasteiger partial charge on any atom is 0.261 e. The summed E-state index contributed by atoms with van der Waals surface area (Å²) in [4.78, 5) is 14.8. The van der Waals surface area contributed by atoms with E-state index < -0.39 is 6.10 Å². The van der Waals surface area contributed by atoms with Crippen molar-refractivity contribution in [3.05, 3.63) is 64.7 Å². The second kappa shape index (κ2) is 9.77. The van der Waals surface area contributed by atoms with Gasteiger partial charge in [-0.1, -0.05) is 48.4 Å². The van der Waals surface area contributed by atoms with Gasteiger partial charge in [0.15, 0.2) is 6.10 Å². The Kier molecular flexibility index (Phi) is 7.13. The van der Waals surface area contributed by atoms with E-state index in [0.29, 0.717) is 17.3 Å². The lowest BCUT2D eigenvalue weighted by atomic mass is 10.1. The lowest BCUT2D eigenvalue weighted by molar-refractivity contribution is -0.127. The van der Waals surface area contributed by atoms with Crippen LogP contribution in [0.15, 0.2) is 48.5 Å². The van der Waals surface area contributed by atoms with E-state index in [1.807, 2.05) is 0 Å². The van der Waals surface area contributed by atoms with Crippen LogP contribution in [-0.2, 0) is 17.9 Å². The van der Waals surface area contributed by atoms with Gasteiger partial charge in [0.05, 0.1) is 0 Å². The van der Waals surface area contributed by atoms with Crippen LogP contribution in [0.5, 0.6) is 5.75 Å². The molecule has 0 aliphatic carbocycles. The summed E-state index contributed by atoms with van der Waals surface area (Å²) in [5.41, 5.74) is 2.41. The molecule has 0 saturated carbocycles. The van der Waals surface area contributed by atoms with Crippen molar-refractivity contribution in [2.75, 3.05) is 13.1 Å². The first-order valence-electron chi connectivity index (χ1n) is 9.60. The van der Waals surface area contributed by atoms with E-state index in [0.717, 1.165) is 12.1 Å². The molecule has 1 aliphatic rings. The Morgan fingerprint density at radius 3 is 2.52 bits per heavy atom. The summed E-state index contributed by atoms with van der Waals surface area (Å²) in [7, 11) is 0. The van der Waals surface area contributed by atoms with E-state index in [4.69, 9.17) is 16.3 Å². The van der Waals surface area contributed by atoms with Gasteiger partial charge < -0.3 is 10.1 Å². The number of nitrogens with zero attached hydrogens (tertiary/aromatic N) is 1. The van der Waals surface area contributed by atoms with Crippen LogP contribution in [0, 0.1) is 0 Å². The third kappa shape index (κ3) is 6.26. The largest absolute Gasteiger partial charge is 0.481 e. The Balaban J connectivity index is 1.45. The van der Waals surface area contributed by atoms with Gasteiger partial charge in [-0.05, 0) is 62.2 Å². The van der Waals surface area contributed by atoms with Crippen LogP contribution in [0.2, 0.25) is 5.02 Å². The molecule has 27 heavy (non-hydrogen) atoms. The Hall–Kier alpha value is -2.04.